The normalized spacial score (nSPS) is 19.8. The Bertz CT molecular complexity index is 1360. The summed E-state index contributed by atoms with van der Waals surface area (Å²) in [5.41, 5.74) is 6.96. The number of hydrogen-bond acceptors (Lipinski definition) is 3. The average molecular weight is 492 g/mol. The Morgan fingerprint density at radius 3 is 2.26 bits per heavy atom. The van der Waals surface area contributed by atoms with Crippen LogP contribution in [0.2, 0.25) is 0 Å². The lowest BCUT2D eigenvalue weighted by molar-refractivity contribution is -0.401. The molecule has 0 aromatic heterocycles. The van der Waals surface area contributed by atoms with E-state index in [1.54, 1.807) is 0 Å². The van der Waals surface area contributed by atoms with Gasteiger partial charge in [0.1, 0.15) is 7.05 Å². The van der Waals surface area contributed by atoms with Gasteiger partial charge in [0.25, 0.3) is 10.1 Å². The molecule has 0 fully saturated rings. The highest BCUT2D eigenvalue weighted by Gasteiger charge is 2.42. The van der Waals surface area contributed by atoms with Crippen LogP contribution < -0.4 is 4.90 Å². The van der Waals surface area contributed by atoms with Gasteiger partial charge in [0.2, 0.25) is 5.69 Å². The van der Waals surface area contributed by atoms with E-state index < -0.39 is 10.1 Å². The molecule has 0 unspecified atom stereocenters. The molecule has 2 aromatic rings. The van der Waals surface area contributed by atoms with E-state index in [0.29, 0.717) is 13.0 Å². The Hall–Kier alpha value is -2.96. The van der Waals surface area contributed by atoms with Crippen molar-refractivity contribution in [2.45, 2.75) is 44.9 Å². The van der Waals surface area contributed by atoms with Crippen LogP contribution in [0.15, 0.2) is 84.6 Å². The molecule has 0 radical (unpaired) electrons. The van der Waals surface area contributed by atoms with Crippen LogP contribution in [0.1, 0.15) is 45.2 Å². The van der Waals surface area contributed by atoms with Crippen molar-refractivity contribution in [3.05, 3.63) is 95.7 Å². The predicted molar refractivity (Wildman–Crippen MR) is 145 cm³/mol. The first-order chi connectivity index (χ1) is 16.4. The first-order valence-corrected chi connectivity index (χ1v) is 13.6. The zero-order valence-corrected chi connectivity index (χ0v) is 22.0. The highest BCUT2D eigenvalue weighted by molar-refractivity contribution is 7.85. The van der Waals surface area contributed by atoms with Gasteiger partial charge in [-0.15, -0.1) is 0 Å². The van der Waals surface area contributed by atoms with E-state index in [-0.39, 0.29) is 16.6 Å². The van der Waals surface area contributed by atoms with Gasteiger partial charge in [-0.05, 0) is 38.0 Å². The van der Waals surface area contributed by atoms with E-state index in [2.05, 4.69) is 98.8 Å². The zero-order chi connectivity index (χ0) is 25.4. The topological polar surface area (TPSA) is 60.6 Å². The maximum absolute atomic E-state index is 11.3. The van der Waals surface area contributed by atoms with Gasteiger partial charge in [-0.3, -0.25) is 4.55 Å². The fourth-order valence-electron chi connectivity index (χ4n) is 5.45. The van der Waals surface area contributed by atoms with Gasteiger partial charge in [-0.2, -0.15) is 13.0 Å². The van der Waals surface area contributed by atoms with E-state index in [0.717, 1.165) is 11.4 Å². The van der Waals surface area contributed by atoms with Gasteiger partial charge in [-0.1, -0.05) is 68.5 Å². The Morgan fingerprint density at radius 2 is 1.57 bits per heavy atom. The summed E-state index contributed by atoms with van der Waals surface area (Å²) in [5, 5.41) is 0. The van der Waals surface area contributed by atoms with Crippen LogP contribution in [0.25, 0.3) is 0 Å². The Morgan fingerprint density at radius 1 is 0.914 bits per heavy atom. The van der Waals surface area contributed by atoms with Crippen molar-refractivity contribution < 1.29 is 17.5 Å². The predicted octanol–water partition coefficient (Wildman–Crippen LogP) is 5.76. The van der Waals surface area contributed by atoms with Crippen molar-refractivity contribution in [3.63, 3.8) is 0 Å². The van der Waals surface area contributed by atoms with Gasteiger partial charge in [0, 0.05) is 41.1 Å². The lowest BCUT2D eigenvalue weighted by Gasteiger charge is -2.27. The summed E-state index contributed by atoms with van der Waals surface area (Å²) in [6.07, 6.45) is 10.8. The maximum Gasteiger partial charge on any atom is 0.264 e. The number of para-hydroxylation sites is 2. The number of benzene rings is 2. The molecule has 2 heterocycles. The first kappa shape index (κ1) is 25.1. The molecular formula is C29H35N2O3S+. The van der Waals surface area contributed by atoms with Crippen molar-refractivity contribution >= 4 is 27.2 Å². The second kappa shape index (κ2) is 9.25. The summed E-state index contributed by atoms with van der Waals surface area (Å²) >= 11 is 0. The van der Waals surface area contributed by atoms with Crippen molar-refractivity contribution in [1.82, 2.24) is 0 Å². The van der Waals surface area contributed by atoms with Crippen LogP contribution in [-0.4, -0.2) is 42.6 Å². The molecule has 2 aliphatic heterocycles. The van der Waals surface area contributed by atoms with E-state index >= 15 is 0 Å². The number of fused-ring (bicyclic) bond motifs is 2. The molecule has 0 saturated carbocycles. The molecule has 35 heavy (non-hydrogen) atoms. The van der Waals surface area contributed by atoms with Crippen LogP contribution in [0.4, 0.5) is 11.4 Å². The largest absolute Gasteiger partial charge is 0.344 e. The third-order valence-electron chi connectivity index (χ3n) is 7.25. The van der Waals surface area contributed by atoms with E-state index in [1.165, 1.54) is 22.5 Å². The van der Waals surface area contributed by atoms with E-state index in [9.17, 15) is 13.0 Å². The summed E-state index contributed by atoms with van der Waals surface area (Å²) in [7, 11) is -1.87. The van der Waals surface area contributed by atoms with Crippen LogP contribution in [0, 0.1) is 0 Å². The molecule has 0 bridgehead atoms. The molecule has 0 spiro atoms. The highest BCUT2D eigenvalue weighted by atomic mass is 32.2. The number of hydrogen-bond donors (Lipinski definition) is 1. The molecule has 4 rings (SSSR count). The second-order valence-corrected chi connectivity index (χ2v) is 11.9. The van der Waals surface area contributed by atoms with Crippen LogP contribution in [0.3, 0.4) is 0 Å². The average Bonchev–Trinajstić information content (AvgIpc) is 3.12. The molecule has 0 aliphatic carbocycles. The molecule has 6 heteroatoms. The number of anilines is 1. The Balaban J connectivity index is 1.57. The van der Waals surface area contributed by atoms with Gasteiger partial charge < -0.3 is 4.90 Å². The van der Waals surface area contributed by atoms with E-state index in [4.69, 9.17) is 0 Å². The minimum Gasteiger partial charge on any atom is -0.344 e. The quantitative estimate of drug-likeness (QED) is 0.304. The molecule has 0 atom stereocenters. The monoisotopic (exact) mass is 491 g/mol. The fourth-order valence-corrected chi connectivity index (χ4v) is 5.94. The summed E-state index contributed by atoms with van der Waals surface area (Å²) in [4.78, 5) is 2.17. The Kier molecular flexibility index (Phi) is 6.64. The van der Waals surface area contributed by atoms with Crippen molar-refractivity contribution in [3.8, 4) is 0 Å². The first-order valence-electron chi connectivity index (χ1n) is 12.0. The highest BCUT2D eigenvalue weighted by Crippen LogP contribution is 2.47. The van der Waals surface area contributed by atoms with Gasteiger partial charge in [0.15, 0.2) is 5.71 Å². The molecular weight excluding hydrogens is 456 g/mol. The minimum absolute atomic E-state index is 0.0624. The second-order valence-electron chi connectivity index (χ2n) is 10.3. The minimum atomic E-state index is -3.98. The van der Waals surface area contributed by atoms with Gasteiger partial charge in [-0.25, -0.2) is 0 Å². The van der Waals surface area contributed by atoms with Crippen LogP contribution in [-0.2, 0) is 20.9 Å². The SMILES string of the molecule is C[N+]1=C(/C=C/C=C/C=C2/N(CCCS(=O)(=O)O)c3ccccc3C2(C)C)C(C)(C)c2ccccc21. The van der Waals surface area contributed by atoms with Crippen molar-refractivity contribution in [2.75, 3.05) is 24.2 Å². The third kappa shape index (κ3) is 4.78. The summed E-state index contributed by atoms with van der Waals surface area (Å²) in [5.74, 6) is -0.248. The van der Waals surface area contributed by atoms with Gasteiger partial charge >= 0.3 is 0 Å². The Labute approximate surface area is 209 Å². The molecule has 184 valence electrons. The van der Waals surface area contributed by atoms with Crippen LogP contribution >= 0.6 is 0 Å². The van der Waals surface area contributed by atoms with Crippen molar-refractivity contribution in [1.29, 1.82) is 0 Å². The van der Waals surface area contributed by atoms with E-state index in [1.807, 2.05) is 24.3 Å². The standard InChI is InChI=1S/C29H34N2O3S/c1-28(2)22-14-9-11-16-24(22)30(5)26(28)18-7-6-8-19-27-29(3,4)23-15-10-12-17-25(23)31(27)20-13-21-35(32,33)34/h6-12,14-19H,13,20-21H2,1-5H3/p+1. The van der Waals surface area contributed by atoms with Crippen molar-refractivity contribution in [2.24, 2.45) is 0 Å². The van der Waals surface area contributed by atoms with Gasteiger partial charge in [0.05, 0.1) is 11.2 Å². The smallest absolute Gasteiger partial charge is 0.264 e. The third-order valence-corrected chi connectivity index (χ3v) is 8.06. The molecule has 0 amide bonds. The summed E-state index contributed by atoms with van der Waals surface area (Å²) in [6, 6.07) is 16.8. The fraction of sp³-hybridized carbons (Fsp3) is 0.345. The zero-order valence-electron chi connectivity index (χ0n) is 21.2. The lowest BCUT2D eigenvalue weighted by Crippen LogP contribution is -2.28. The molecule has 1 N–H and O–H groups in total. The molecule has 2 aliphatic rings. The maximum atomic E-state index is 11.3. The number of rotatable bonds is 7. The number of nitrogens with zero attached hydrogens (tertiary/aromatic N) is 2. The van der Waals surface area contributed by atoms with Crippen LogP contribution in [0.5, 0.6) is 0 Å². The summed E-state index contributed by atoms with van der Waals surface area (Å²) < 4.78 is 33.9. The molecule has 2 aromatic carbocycles. The summed E-state index contributed by atoms with van der Waals surface area (Å²) in [6.45, 7) is 9.40. The molecule has 5 nitrogen and oxygen atoms in total. The molecule has 0 saturated heterocycles. The number of allylic oxidation sites excluding steroid dienone is 6. The lowest BCUT2D eigenvalue weighted by atomic mass is 9.81.